The van der Waals surface area contributed by atoms with Gasteiger partial charge in [-0.1, -0.05) is 17.3 Å². The number of nitrogens with zero attached hydrogens (tertiary/aromatic N) is 2. The van der Waals surface area contributed by atoms with Gasteiger partial charge in [0.1, 0.15) is 11.4 Å². The highest BCUT2D eigenvalue weighted by atomic mass is 35.5. The van der Waals surface area contributed by atoms with Crippen molar-refractivity contribution in [2.45, 2.75) is 11.9 Å². The van der Waals surface area contributed by atoms with E-state index < -0.39 is 10.0 Å². The summed E-state index contributed by atoms with van der Waals surface area (Å²) in [7, 11) is -3.47. The van der Waals surface area contributed by atoms with Crippen molar-refractivity contribution in [3.8, 4) is 0 Å². The number of fused-ring (bicyclic) bond motifs is 1. The van der Waals surface area contributed by atoms with Crippen molar-refractivity contribution >= 4 is 33.4 Å². The highest BCUT2D eigenvalue weighted by Gasteiger charge is 2.30. The molecule has 1 unspecified atom stereocenters. The summed E-state index contributed by atoms with van der Waals surface area (Å²) in [5.74, 6) is -0.179. The second kappa shape index (κ2) is 6.93. The SMILES string of the molecule is Cl.NCC1CN(S(=O)(=O)Cc2noc3ccccc23)CCO1. The van der Waals surface area contributed by atoms with Crippen molar-refractivity contribution in [2.75, 3.05) is 26.2 Å². The summed E-state index contributed by atoms with van der Waals surface area (Å²) >= 11 is 0. The van der Waals surface area contributed by atoms with Crippen LogP contribution in [0.2, 0.25) is 0 Å². The number of aromatic nitrogens is 1. The van der Waals surface area contributed by atoms with Crippen LogP contribution in [0.25, 0.3) is 11.0 Å². The Bertz CT molecular complexity index is 734. The fourth-order valence-corrected chi connectivity index (χ4v) is 3.88. The monoisotopic (exact) mass is 347 g/mol. The van der Waals surface area contributed by atoms with Crippen molar-refractivity contribution in [3.05, 3.63) is 30.0 Å². The summed E-state index contributed by atoms with van der Waals surface area (Å²) in [6, 6.07) is 7.21. The van der Waals surface area contributed by atoms with Gasteiger partial charge in [-0.15, -0.1) is 12.4 Å². The number of sulfonamides is 1. The maximum absolute atomic E-state index is 12.5. The highest BCUT2D eigenvalue weighted by molar-refractivity contribution is 7.88. The van der Waals surface area contributed by atoms with E-state index in [9.17, 15) is 8.42 Å². The van der Waals surface area contributed by atoms with Crippen molar-refractivity contribution in [1.82, 2.24) is 9.46 Å². The van der Waals surface area contributed by atoms with Gasteiger partial charge in [-0.2, -0.15) is 4.31 Å². The minimum atomic E-state index is -3.47. The van der Waals surface area contributed by atoms with Crippen LogP contribution in [0.15, 0.2) is 28.8 Å². The van der Waals surface area contributed by atoms with E-state index in [1.807, 2.05) is 12.1 Å². The molecule has 0 aliphatic carbocycles. The second-order valence-electron chi connectivity index (χ2n) is 4.97. The molecule has 0 saturated carbocycles. The first kappa shape index (κ1) is 17.2. The van der Waals surface area contributed by atoms with Gasteiger partial charge < -0.3 is 15.0 Å². The molecule has 1 saturated heterocycles. The number of benzene rings is 1. The summed E-state index contributed by atoms with van der Waals surface area (Å²) in [5.41, 5.74) is 6.56. The van der Waals surface area contributed by atoms with E-state index in [1.54, 1.807) is 12.1 Å². The minimum Gasteiger partial charge on any atom is -0.374 e. The Kier molecular flexibility index (Phi) is 5.41. The van der Waals surface area contributed by atoms with Gasteiger partial charge in [-0.05, 0) is 12.1 Å². The topological polar surface area (TPSA) is 98.7 Å². The Hall–Kier alpha value is -1.19. The summed E-state index contributed by atoms with van der Waals surface area (Å²) < 4.78 is 37.0. The van der Waals surface area contributed by atoms with Crippen LogP contribution in [-0.4, -0.2) is 50.2 Å². The van der Waals surface area contributed by atoms with Gasteiger partial charge in [0.25, 0.3) is 0 Å². The van der Waals surface area contributed by atoms with Crippen LogP contribution in [0.5, 0.6) is 0 Å². The first-order valence-corrected chi connectivity index (χ1v) is 8.34. The normalized spacial score (nSPS) is 20.0. The first-order chi connectivity index (χ1) is 10.1. The third kappa shape index (κ3) is 3.41. The molecular weight excluding hydrogens is 330 g/mol. The minimum absolute atomic E-state index is 0. The quantitative estimate of drug-likeness (QED) is 0.875. The first-order valence-electron chi connectivity index (χ1n) is 6.73. The molecule has 22 heavy (non-hydrogen) atoms. The molecule has 1 aromatic heterocycles. The van der Waals surface area contributed by atoms with Gasteiger partial charge in [0.2, 0.25) is 10.0 Å². The molecule has 0 bridgehead atoms. The maximum atomic E-state index is 12.5. The zero-order chi connectivity index (χ0) is 14.9. The van der Waals surface area contributed by atoms with Gasteiger partial charge in [-0.25, -0.2) is 8.42 Å². The molecule has 7 nitrogen and oxygen atoms in total. The Morgan fingerprint density at radius 2 is 2.14 bits per heavy atom. The molecule has 0 radical (unpaired) electrons. The molecule has 1 aromatic carbocycles. The summed E-state index contributed by atoms with van der Waals surface area (Å²) in [4.78, 5) is 0. The zero-order valence-corrected chi connectivity index (χ0v) is 13.5. The van der Waals surface area contributed by atoms with E-state index in [-0.39, 0.29) is 30.8 Å². The molecule has 1 aliphatic heterocycles. The Balaban J connectivity index is 0.00000176. The van der Waals surface area contributed by atoms with E-state index in [0.717, 1.165) is 5.39 Å². The van der Waals surface area contributed by atoms with Crippen LogP contribution in [0, 0.1) is 0 Å². The van der Waals surface area contributed by atoms with Crippen molar-refractivity contribution in [1.29, 1.82) is 0 Å². The van der Waals surface area contributed by atoms with Crippen molar-refractivity contribution < 1.29 is 17.7 Å². The van der Waals surface area contributed by atoms with Crippen LogP contribution < -0.4 is 5.73 Å². The number of hydrogen-bond acceptors (Lipinski definition) is 6. The van der Waals surface area contributed by atoms with Crippen molar-refractivity contribution in [2.24, 2.45) is 5.73 Å². The number of nitrogens with two attached hydrogens (primary N) is 1. The molecule has 2 N–H and O–H groups in total. The largest absolute Gasteiger partial charge is 0.374 e. The van der Waals surface area contributed by atoms with E-state index in [0.29, 0.717) is 31.0 Å². The molecule has 2 aromatic rings. The molecule has 122 valence electrons. The second-order valence-corrected chi connectivity index (χ2v) is 6.94. The molecule has 1 atom stereocenters. The smallest absolute Gasteiger partial charge is 0.220 e. The molecular formula is C13H18ClN3O4S. The molecule has 9 heteroatoms. The van der Waals surface area contributed by atoms with E-state index >= 15 is 0 Å². The van der Waals surface area contributed by atoms with Gasteiger partial charge in [0.05, 0.1) is 12.7 Å². The lowest BCUT2D eigenvalue weighted by Crippen LogP contribution is -2.48. The number of halogens is 1. The number of hydrogen-bond donors (Lipinski definition) is 1. The average molecular weight is 348 g/mol. The fourth-order valence-electron chi connectivity index (χ4n) is 2.39. The maximum Gasteiger partial charge on any atom is 0.220 e. The highest BCUT2D eigenvalue weighted by Crippen LogP contribution is 2.21. The molecule has 1 fully saturated rings. The third-order valence-electron chi connectivity index (χ3n) is 3.53. The van der Waals surface area contributed by atoms with Gasteiger partial charge >= 0.3 is 0 Å². The number of para-hydroxylation sites is 1. The Labute approximate surface area is 134 Å². The molecule has 1 aliphatic rings. The van der Waals surface area contributed by atoms with Crippen LogP contribution in [0.3, 0.4) is 0 Å². The van der Waals surface area contributed by atoms with Gasteiger partial charge in [-0.3, -0.25) is 0 Å². The number of rotatable bonds is 4. The molecule has 0 amide bonds. The van der Waals surface area contributed by atoms with Crippen LogP contribution >= 0.6 is 12.4 Å². The lowest BCUT2D eigenvalue weighted by molar-refractivity contribution is 0.00445. The molecule has 0 spiro atoms. The van der Waals surface area contributed by atoms with Crippen molar-refractivity contribution in [3.63, 3.8) is 0 Å². The van der Waals surface area contributed by atoms with Crippen LogP contribution in [0.4, 0.5) is 0 Å². The Morgan fingerprint density at radius 1 is 1.36 bits per heavy atom. The van der Waals surface area contributed by atoms with Crippen LogP contribution in [0.1, 0.15) is 5.69 Å². The summed E-state index contributed by atoms with van der Waals surface area (Å²) in [6.07, 6.45) is -0.248. The standard InChI is InChI=1S/C13H17N3O4S.ClH/c14-7-10-8-16(5-6-19-10)21(17,18)9-12-11-3-1-2-4-13(11)20-15-12;/h1-4,10H,5-9,14H2;1H. The number of ether oxygens (including phenoxy) is 1. The summed E-state index contributed by atoms with van der Waals surface area (Å²) in [5, 5.41) is 4.60. The van der Waals surface area contributed by atoms with E-state index in [4.69, 9.17) is 15.0 Å². The average Bonchev–Trinajstić information content (AvgIpc) is 2.90. The van der Waals surface area contributed by atoms with E-state index in [2.05, 4.69) is 5.16 Å². The fraction of sp³-hybridized carbons (Fsp3) is 0.462. The molecule has 2 heterocycles. The summed E-state index contributed by atoms with van der Waals surface area (Å²) in [6.45, 7) is 1.29. The van der Waals surface area contributed by atoms with Crippen LogP contribution in [-0.2, 0) is 20.5 Å². The molecule has 3 rings (SSSR count). The number of morpholine rings is 1. The lowest BCUT2D eigenvalue weighted by Gasteiger charge is -2.31. The van der Waals surface area contributed by atoms with Gasteiger partial charge in [0.15, 0.2) is 5.58 Å². The zero-order valence-electron chi connectivity index (χ0n) is 11.8. The lowest BCUT2D eigenvalue weighted by atomic mass is 10.2. The van der Waals surface area contributed by atoms with Gasteiger partial charge in [0, 0.05) is 25.0 Å². The third-order valence-corrected chi connectivity index (χ3v) is 5.29. The predicted molar refractivity (Wildman–Crippen MR) is 84.2 cm³/mol. The Morgan fingerprint density at radius 3 is 2.91 bits per heavy atom. The van der Waals surface area contributed by atoms with E-state index in [1.165, 1.54) is 4.31 Å². The predicted octanol–water partition coefficient (Wildman–Crippen LogP) is 0.739.